The zero-order valence-corrected chi connectivity index (χ0v) is 18.6. The van der Waals surface area contributed by atoms with E-state index in [2.05, 4.69) is 31.8 Å². The quantitative estimate of drug-likeness (QED) is 0.447. The molecule has 0 radical (unpaired) electrons. The van der Waals surface area contributed by atoms with Gasteiger partial charge in [0.05, 0.1) is 20.4 Å². The van der Waals surface area contributed by atoms with Gasteiger partial charge in [-0.1, -0.05) is 13.8 Å². The number of methoxy groups -OCH3 is 2. The average Bonchev–Trinajstić information content (AvgIpc) is 2.72. The molecule has 0 aliphatic carbocycles. The van der Waals surface area contributed by atoms with Crippen LogP contribution >= 0.6 is 15.9 Å². The summed E-state index contributed by atoms with van der Waals surface area (Å²) < 4.78 is 24.2. The van der Waals surface area contributed by atoms with Crippen molar-refractivity contribution < 1.29 is 23.5 Å². The first kappa shape index (κ1) is 23.3. The van der Waals surface area contributed by atoms with Crippen molar-refractivity contribution in [3.05, 3.63) is 57.8 Å². The predicted octanol–water partition coefficient (Wildman–Crippen LogP) is 3.51. The third-order valence-corrected chi connectivity index (χ3v) is 4.91. The standard InChI is InChI=1S/C21H23BrFN3O4/c1-12(2)19(25-20(27)13-5-7-15(23)8-6-13)21(28)26-24-11-14-9-17(29-3)18(30-4)10-16(14)22/h5-12,19H,1-4H3,(H,25,27)(H,26,28)/b24-11+. The van der Waals surface area contributed by atoms with Crippen LogP contribution in [0.1, 0.15) is 29.8 Å². The molecule has 160 valence electrons. The molecule has 2 aromatic rings. The van der Waals surface area contributed by atoms with Crippen molar-refractivity contribution >= 4 is 34.0 Å². The Kier molecular flexibility index (Phi) is 8.35. The van der Waals surface area contributed by atoms with E-state index in [4.69, 9.17) is 9.47 Å². The van der Waals surface area contributed by atoms with Gasteiger partial charge < -0.3 is 14.8 Å². The molecule has 0 spiro atoms. The number of nitrogens with zero attached hydrogens (tertiary/aromatic N) is 1. The number of rotatable bonds is 8. The summed E-state index contributed by atoms with van der Waals surface area (Å²) in [5.41, 5.74) is 3.35. The molecule has 7 nitrogen and oxygen atoms in total. The summed E-state index contributed by atoms with van der Waals surface area (Å²) in [4.78, 5) is 24.9. The minimum absolute atomic E-state index is 0.197. The fourth-order valence-corrected chi connectivity index (χ4v) is 2.99. The van der Waals surface area contributed by atoms with Gasteiger partial charge in [-0.05, 0) is 58.2 Å². The number of nitrogens with one attached hydrogen (secondary N) is 2. The maximum atomic E-state index is 13.0. The Morgan fingerprint density at radius 1 is 1.10 bits per heavy atom. The third-order valence-electron chi connectivity index (χ3n) is 4.22. The Bertz CT molecular complexity index is 933. The molecule has 2 N–H and O–H groups in total. The molecule has 2 aromatic carbocycles. The van der Waals surface area contributed by atoms with Gasteiger partial charge in [0.25, 0.3) is 11.8 Å². The van der Waals surface area contributed by atoms with E-state index >= 15 is 0 Å². The molecule has 2 rings (SSSR count). The lowest BCUT2D eigenvalue weighted by Gasteiger charge is -2.20. The Hall–Kier alpha value is -2.94. The van der Waals surface area contributed by atoms with Crippen LogP contribution in [0.4, 0.5) is 4.39 Å². The number of carbonyl (C=O) groups excluding carboxylic acids is 2. The van der Waals surface area contributed by atoms with Gasteiger partial charge in [0.1, 0.15) is 11.9 Å². The number of benzene rings is 2. The molecule has 0 aliphatic heterocycles. The molecule has 1 unspecified atom stereocenters. The molecule has 9 heteroatoms. The molecule has 2 amide bonds. The molecule has 0 fully saturated rings. The average molecular weight is 480 g/mol. The van der Waals surface area contributed by atoms with Crippen molar-refractivity contribution in [3.63, 3.8) is 0 Å². The number of ether oxygens (including phenoxy) is 2. The first-order valence-electron chi connectivity index (χ1n) is 9.07. The third kappa shape index (κ3) is 6.03. The SMILES string of the molecule is COc1cc(Br)c(/C=N/NC(=O)C(NC(=O)c2ccc(F)cc2)C(C)C)cc1OC. The van der Waals surface area contributed by atoms with E-state index in [0.717, 1.165) is 0 Å². The van der Waals surface area contributed by atoms with E-state index in [1.807, 2.05) is 0 Å². The van der Waals surface area contributed by atoms with E-state index in [1.54, 1.807) is 26.0 Å². The Morgan fingerprint density at radius 2 is 1.70 bits per heavy atom. The first-order valence-corrected chi connectivity index (χ1v) is 9.87. The van der Waals surface area contributed by atoms with Crippen molar-refractivity contribution in [2.24, 2.45) is 11.0 Å². The summed E-state index contributed by atoms with van der Waals surface area (Å²) >= 11 is 3.41. The molecule has 0 bridgehead atoms. The number of hydrogen-bond acceptors (Lipinski definition) is 5. The molecular weight excluding hydrogens is 457 g/mol. The van der Waals surface area contributed by atoms with Gasteiger partial charge in [-0.2, -0.15) is 5.10 Å². The summed E-state index contributed by atoms with van der Waals surface area (Å²) in [5.74, 6) is -0.532. The topological polar surface area (TPSA) is 89.0 Å². The number of halogens is 2. The normalized spacial score (nSPS) is 12.0. The van der Waals surface area contributed by atoms with E-state index < -0.39 is 23.7 Å². The summed E-state index contributed by atoms with van der Waals surface area (Å²) in [6, 6.07) is 7.68. The molecule has 1 atom stereocenters. The van der Waals surface area contributed by atoms with Crippen LogP contribution in [0.2, 0.25) is 0 Å². The second-order valence-electron chi connectivity index (χ2n) is 6.67. The van der Waals surface area contributed by atoms with Crippen molar-refractivity contribution in [3.8, 4) is 11.5 Å². The smallest absolute Gasteiger partial charge is 0.262 e. The molecular formula is C21H23BrFN3O4. The maximum absolute atomic E-state index is 13.0. The van der Waals surface area contributed by atoms with Crippen LogP contribution in [-0.2, 0) is 4.79 Å². The molecule has 30 heavy (non-hydrogen) atoms. The molecule has 0 aliphatic rings. The second-order valence-corrected chi connectivity index (χ2v) is 7.52. The van der Waals surface area contributed by atoms with E-state index in [1.165, 1.54) is 44.7 Å². The Labute approximate surface area is 182 Å². The monoisotopic (exact) mass is 479 g/mol. The van der Waals surface area contributed by atoms with Gasteiger partial charge >= 0.3 is 0 Å². The molecule has 0 aromatic heterocycles. The van der Waals surface area contributed by atoms with Gasteiger partial charge in [0.15, 0.2) is 11.5 Å². The zero-order valence-electron chi connectivity index (χ0n) is 17.0. The predicted molar refractivity (Wildman–Crippen MR) is 115 cm³/mol. The van der Waals surface area contributed by atoms with Crippen LogP contribution in [0.5, 0.6) is 11.5 Å². The largest absolute Gasteiger partial charge is 0.493 e. The van der Waals surface area contributed by atoms with Crippen molar-refractivity contribution in [1.29, 1.82) is 0 Å². The van der Waals surface area contributed by atoms with E-state index in [0.29, 0.717) is 21.5 Å². The van der Waals surface area contributed by atoms with Crippen LogP contribution in [0.3, 0.4) is 0 Å². The highest BCUT2D eigenvalue weighted by Gasteiger charge is 2.24. The number of hydrogen-bond donors (Lipinski definition) is 2. The fraction of sp³-hybridized carbons (Fsp3) is 0.286. The minimum atomic E-state index is -0.825. The van der Waals surface area contributed by atoms with Crippen molar-refractivity contribution in [2.45, 2.75) is 19.9 Å². The number of carbonyl (C=O) groups is 2. The van der Waals surface area contributed by atoms with E-state index in [-0.39, 0.29) is 11.5 Å². The minimum Gasteiger partial charge on any atom is -0.493 e. The summed E-state index contributed by atoms with van der Waals surface area (Å²) in [6.07, 6.45) is 1.45. The highest BCUT2D eigenvalue weighted by atomic mass is 79.9. The van der Waals surface area contributed by atoms with Gasteiger partial charge in [-0.3, -0.25) is 9.59 Å². The summed E-state index contributed by atoms with van der Waals surface area (Å²) in [7, 11) is 3.05. The van der Waals surface area contributed by atoms with Crippen molar-refractivity contribution in [1.82, 2.24) is 10.7 Å². The second kappa shape index (κ2) is 10.7. The first-order chi connectivity index (χ1) is 14.3. The molecule has 0 heterocycles. The van der Waals surface area contributed by atoms with Gasteiger partial charge in [0, 0.05) is 15.6 Å². The number of amides is 2. The lowest BCUT2D eigenvalue weighted by molar-refractivity contribution is -0.123. The highest BCUT2D eigenvalue weighted by molar-refractivity contribution is 9.10. The van der Waals surface area contributed by atoms with Gasteiger partial charge in [-0.15, -0.1) is 0 Å². The van der Waals surface area contributed by atoms with Gasteiger partial charge in [0.2, 0.25) is 0 Å². The van der Waals surface area contributed by atoms with Crippen molar-refractivity contribution in [2.75, 3.05) is 14.2 Å². The maximum Gasteiger partial charge on any atom is 0.262 e. The van der Waals surface area contributed by atoms with Crippen LogP contribution in [0, 0.1) is 11.7 Å². The molecule has 0 saturated heterocycles. The van der Waals surface area contributed by atoms with Crippen LogP contribution in [-0.4, -0.2) is 38.3 Å². The Balaban J connectivity index is 2.08. The molecule has 0 saturated carbocycles. The van der Waals surface area contributed by atoms with E-state index in [9.17, 15) is 14.0 Å². The summed E-state index contributed by atoms with van der Waals surface area (Å²) in [6.45, 7) is 3.59. The van der Waals surface area contributed by atoms with Gasteiger partial charge in [-0.25, -0.2) is 9.82 Å². The summed E-state index contributed by atoms with van der Waals surface area (Å²) in [5, 5.41) is 6.63. The lowest BCUT2D eigenvalue weighted by atomic mass is 10.0. The lowest BCUT2D eigenvalue weighted by Crippen LogP contribution is -2.48. The van der Waals surface area contributed by atoms with Crippen LogP contribution in [0.25, 0.3) is 0 Å². The number of hydrazone groups is 1. The highest BCUT2D eigenvalue weighted by Crippen LogP contribution is 2.32. The fourth-order valence-electron chi connectivity index (χ4n) is 2.56. The Morgan fingerprint density at radius 3 is 2.27 bits per heavy atom. The zero-order chi connectivity index (χ0) is 22.3. The van der Waals surface area contributed by atoms with Crippen LogP contribution < -0.4 is 20.2 Å². The van der Waals surface area contributed by atoms with Crippen LogP contribution in [0.15, 0.2) is 46.0 Å².